The van der Waals surface area contributed by atoms with Crippen molar-refractivity contribution in [1.82, 2.24) is 10.2 Å². The molecule has 0 aliphatic carbocycles. The molecule has 0 unspecified atom stereocenters. The number of para-hydroxylation sites is 1. The van der Waals surface area contributed by atoms with Crippen LogP contribution in [0.5, 0.6) is 5.75 Å². The zero-order valence-electron chi connectivity index (χ0n) is 16.2. The lowest BCUT2D eigenvalue weighted by Gasteiger charge is -2.14. The highest BCUT2D eigenvalue weighted by molar-refractivity contribution is 5.76. The van der Waals surface area contributed by atoms with Crippen LogP contribution in [-0.4, -0.2) is 30.5 Å². The summed E-state index contributed by atoms with van der Waals surface area (Å²) in [6.45, 7) is 6.65. The highest BCUT2D eigenvalue weighted by Gasteiger charge is 2.11. The molecular weight excluding hydrogens is 336 g/mol. The van der Waals surface area contributed by atoms with E-state index in [1.165, 1.54) is 31.5 Å². The third kappa shape index (κ3) is 6.10. The van der Waals surface area contributed by atoms with E-state index in [0.29, 0.717) is 26.0 Å². The number of carbonyl (C=O) groups excluding carboxylic acids is 1. The Hall–Kier alpha value is -2.33. The van der Waals surface area contributed by atoms with E-state index in [4.69, 9.17) is 4.74 Å². The van der Waals surface area contributed by atoms with Crippen LogP contribution in [-0.2, 0) is 24.3 Å². The number of aryl methyl sites for hydroxylation is 1. The van der Waals surface area contributed by atoms with Gasteiger partial charge in [-0.05, 0) is 62.0 Å². The van der Waals surface area contributed by atoms with E-state index in [-0.39, 0.29) is 5.91 Å². The summed E-state index contributed by atoms with van der Waals surface area (Å²) in [5.74, 6) is 0.948. The van der Waals surface area contributed by atoms with Gasteiger partial charge in [-0.15, -0.1) is 0 Å². The van der Waals surface area contributed by atoms with E-state index in [0.717, 1.165) is 23.4 Å². The van der Waals surface area contributed by atoms with Gasteiger partial charge in [0.25, 0.3) is 0 Å². The van der Waals surface area contributed by atoms with Crippen LogP contribution in [0.1, 0.15) is 42.9 Å². The minimum absolute atomic E-state index is 0.0717. The summed E-state index contributed by atoms with van der Waals surface area (Å²) in [6.07, 6.45) is 3.80. The van der Waals surface area contributed by atoms with Crippen LogP contribution in [0.25, 0.3) is 0 Å². The van der Waals surface area contributed by atoms with Crippen molar-refractivity contribution in [1.29, 1.82) is 0 Å². The van der Waals surface area contributed by atoms with E-state index < -0.39 is 0 Å². The molecule has 0 saturated carbocycles. The lowest BCUT2D eigenvalue weighted by atomic mass is 10.1. The molecule has 2 aromatic rings. The van der Waals surface area contributed by atoms with Crippen LogP contribution >= 0.6 is 0 Å². The van der Waals surface area contributed by atoms with Gasteiger partial charge in [-0.3, -0.25) is 9.69 Å². The quantitative estimate of drug-likeness (QED) is 0.731. The second-order valence-electron chi connectivity index (χ2n) is 7.12. The first-order chi connectivity index (χ1) is 13.2. The van der Waals surface area contributed by atoms with Crippen molar-refractivity contribution in [3.63, 3.8) is 0 Å². The van der Waals surface area contributed by atoms with Crippen LogP contribution in [0.2, 0.25) is 0 Å². The van der Waals surface area contributed by atoms with Crippen molar-refractivity contribution in [3.8, 4) is 5.75 Å². The monoisotopic (exact) mass is 366 g/mol. The van der Waals surface area contributed by atoms with E-state index in [1.807, 2.05) is 31.2 Å². The number of nitrogens with one attached hydrogen (secondary N) is 1. The third-order valence-electron chi connectivity index (χ3n) is 5.01. The smallest absolute Gasteiger partial charge is 0.220 e. The zero-order chi connectivity index (χ0) is 18.9. The van der Waals surface area contributed by atoms with Crippen molar-refractivity contribution in [2.45, 2.75) is 45.7 Å². The Kier molecular flexibility index (Phi) is 7.28. The van der Waals surface area contributed by atoms with Gasteiger partial charge in [-0.25, -0.2) is 0 Å². The number of amides is 1. The summed E-state index contributed by atoms with van der Waals surface area (Å²) in [6, 6.07) is 16.5. The third-order valence-corrected chi connectivity index (χ3v) is 5.01. The van der Waals surface area contributed by atoms with Crippen molar-refractivity contribution >= 4 is 5.91 Å². The maximum absolute atomic E-state index is 12.2. The number of ether oxygens (including phenoxy) is 1. The van der Waals surface area contributed by atoms with Crippen molar-refractivity contribution in [2.24, 2.45) is 0 Å². The van der Waals surface area contributed by atoms with Gasteiger partial charge in [0.05, 0.1) is 6.61 Å². The summed E-state index contributed by atoms with van der Waals surface area (Å²) in [4.78, 5) is 14.7. The second kappa shape index (κ2) is 10.1. The molecule has 0 atom stereocenters. The fraction of sp³-hybridized carbons (Fsp3) is 0.435. The highest BCUT2D eigenvalue weighted by Crippen LogP contribution is 2.19. The van der Waals surface area contributed by atoms with Gasteiger partial charge in [0.15, 0.2) is 0 Å². The Morgan fingerprint density at radius 1 is 1.04 bits per heavy atom. The molecular formula is C23H30N2O2. The van der Waals surface area contributed by atoms with Gasteiger partial charge in [0, 0.05) is 19.5 Å². The predicted octanol–water partition coefficient (Wildman–Crippen LogP) is 3.93. The minimum Gasteiger partial charge on any atom is -0.494 e. The number of benzene rings is 2. The fourth-order valence-corrected chi connectivity index (χ4v) is 3.51. The molecule has 1 N–H and O–H groups in total. The Balaban J connectivity index is 1.42. The Morgan fingerprint density at radius 3 is 2.48 bits per heavy atom. The number of likely N-dealkylation sites (tertiary alicyclic amines) is 1. The fourth-order valence-electron chi connectivity index (χ4n) is 3.51. The van der Waals surface area contributed by atoms with Crippen LogP contribution in [0, 0.1) is 0 Å². The first kappa shape index (κ1) is 19.4. The number of rotatable bonds is 9. The summed E-state index contributed by atoms with van der Waals surface area (Å²) >= 11 is 0. The minimum atomic E-state index is 0.0717. The van der Waals surface area contributed by atoms with Gasteiger partial charge in [0.1, 0.15) is 5.75 Å². The molecule has 0 aromatic heterocycles. The highest BCUT2D eigenvalue weighted by atomic mass is 16.5. The maximum atomic E-state index is 12.2. The SMILES string of the molecule is CCOc1ccccc1CCC(=O)NCc1ccc(CN2CCCC2)cc1. The van der Waals surface area contributed by atoms with Crippen LogP contribution in [0.3, 0.4) is 0 Å². The zero-order valence-corrected chi connectivity index (χ0v) is 16.2. The van der Waals surface area contributed by atoms with Crippen molar-refractivity contribution in [2.75, 3.05) is 19.7 Å². The summed E-state index contributed by atoms with van der Waals surface area (Å²) in [5.41, 5.74) is 3.57. The Labute approximate surface area is 162 Å². The molecule has 0 radical (unpaired) electrons. The van der Waals surface area contributed by atoms with E-state index in [1.54, 1.807) is 0 Å². The molecule has 1 heterocycles. The molecule has 0 spiro atoms. The van der Waals surface area contributed by atoms with E-state index >= 15 is 0 Å². The van der Waals surface area contributed by atoms with Crippen LogP contribution < -0.4 is 10.1 Å². The molecule has 1 amide bonds. The van der Waals surface area contributed by atoms with Gasteiger partial charge >= 0.3 is 0 Å². The van der Waals surface area contributed by atoms with Gasteiger partial charge in [0.2, 0.25) is 5.91 Å². The topological polar surface area (TPSA) is 41.6 Å². The molecule has 144 valence electrons. The van der Waals surface area contributed by atoms with E-state index in [2.05, 4.69) is 34.5 Å². The normalized spacial score (nSPS) is 14.3. The Bertz CT molecular complexity index is 721. The molecule has 1 saturated heterocycles. The molecule has 1 aliphatic heterocycles. The predicted molar refractivity (Wildman–Crippen MR) is 109 cm³/mol. The average molecular weight is 367 g/mol. The van der Waals surface area contributed by atoms with Crippen LogP contribution in [0.4, 0.5) is 0 Å². The largest absolute Gasteiger partial charge is 0.494 e. The van der Waals surface area contributed by atoms with Crippen molar-refractivity contribution in [3.05, 3.63) is 65.2 Å². The number of nitrogens with zero attached hydrogens (tertiary/aromatic N) is 1. The van der Waals surface area contributed by atoms with Gasteiger partial charge in [-0.1, -0.05) is 42.5 Å². The molecule has 1 aliphatic rings. The number of hydrogen-bond acceptors (Lipinski definition) is 3. The maximum Gasteiger partial charge on any atom is 0.220 e. The van der Waals surface area contributed by atoms with Gasteiger partial charge in [-0.2, -0.15) is 0 Å². The first-order valence-electron chi connectivity index (χ1n) is 10.0. The molecule has 0 bridgehead atoms. The lowest BCUT2D eigenvalue weighted by molar-refractivity contribution is -0.121. The van der Waals surface area contributed by atoms with Crippen molar-refractivity contribution < 1.29 is 9.53 Å². The Morgan fingerprint density at radius 2 is 1.74 bits per heavy atom. The lowest BCUT2D eigenvalue weighted by Crippen LogP contribution is -2.23. The number of carbonyl (C=O) groups is 1. The molecule has 4 nitrogen and oxygen atoms in total. The molecule has 1 fully saturated rings. The summed E-state index contributed by atoms with van der Waals surface area (Å²) in [7, 11) is 0. The molecule has 4 heteroatoms. The molecule has 3 rings (SSSR count). The summed E-state index contributed by atoms with van der Waals surface area (Å²) in [5, 5.41) is 3.02. The van der Waals surface area contributed by atoms with E-state index in [9.17, 15) is 4.79 Å². The second-order valence-corrected chi connectivity index (χ2v) is 7.12. The average Bonchev–Trinajstić information content (AvgIpc) is 3.20. The number of hydrogen-bond donors (Lipinski definition) is 1. The van der Waals surface area contributed by atoms with Crippen LogP contribution in [0.15, 0.2) is 48.5 Å². The van der Waals surface area contributed by atoms with Gasteiger partial charge < -0.3 is 10.1 Å². The standard InChI is InChI=1S/C23H30N2O2/c1-2-27-22-8-4-3-7-21(22)13-14-23(26)24-17-19-9-11-20(12-10-19)18-25-15-5-6-16-25/h3-4,7-12H,2,5-6,13-18H2,1H3,(H,24,26). The summed E-state index contributed by atoms with van der Waals surface area (Å²) < 4.78 is 5.62. The molecule has 2 aromatic carbocycles. The first-order valence-corrected chi connectivity index (χ1v) is 10.0. The molecule has 27 heavy (non-hydrogen) atoms.